The van der Waals surface area contributed by atoms with Crippen LogP contribution in [0.25, 0.3) is 0 Å². The topological polar surface area (TPSA) is 40.5 Å². The number of hydrogen-bond acceptors (Lipinski definition) is 2. The SMILES string of the molecule is CCN(CC)C(=O)C(C)(C)CC(C)O. The van der Waals surface area contributed by atoms with Gasteiger partial charge in [-0.1, -0.05) is 13.8 Å². The van der Waals surface area contributed by atoms with Crippen LogP contribution in [0, 0.1) is 5.41 Å². The second-order valence-corrected chi connectivity index (χ2v) is 4.41. The fourth-order valence-corrected chi connectivity index (χ4v) is 1.76. The fraction of sp³-hybridized carbons (Fsp3) is 0.909. The standard InChI is InChI=1S/C11H23NO2/c1-6-12(7-2)10(14)11(4,5)8-9(3)13/h9,13H,6-8H2,1-5H3. The fourth-order valence-electron chi connectivity index (χ4n) is 1.76. The first-order valence-corrected chi connectivity index (χ1v) is 5.32. The van der Waals surface area contributed by atoms with Gasteiger partial charge in [0.15, 0.2) is 0 Å². The lowest BCUT2D eigenvalue weighted by Crippen LogP contribution is -2.42. The number of carbonyl (C=O) groups is 1. The van der Waals surface area contributed by atoms with E-state index in [-0.39, 0.29) is 5.91 Å². The Kier molecular flexibility index (Phi) is 5.13. The van der Waals surface area contributed by atoms with Gasteiger partial charge in [0.2, 0.25) is 5.91 Å². The lowest BCUT2D eigenvalue weighted by Gasteiger charge is -2.31. The largest absolute Gasteiger partial charge is 0.393 e. The highest BCUT2D eigenvalue weighted by Crippen LogP contribution is 2.25. The minimum Gasteiger partial charge on any atom is -0.393 e. The van der Waals surface area contributed by atoms with E-state index in [1.165, 1.54) is 0 Å². The van der Waals surface area contributed by atoms with Crippen molar-refractivity contribution in [2.24, 2.45) is 5.41 Å². The van der Waals surface area contributed by atoms with Gasteiger partial charge in [0.05, 0.1) is 6.10 Å². The zero-order valence-corrected chi connectivity index (χ0v) is 10.0. The molecule has 0 aliphatic rings. The number of rotatable bonds is 5. The van der Waals surface area contributed by atoms with Gasteiger partial charge in [0.1, 0.15) is 0 Å². The summed E-state index contributed by atoms with van der Waals surface area (Å²) in [7, 11) is 0. The molecule has 0 heterocycles. The average molecular weight is 201 g/mol. The van der Waals surface area contributed by atoms with Gasteiger partial charge < -0.3 is 10.0 Å². The predicted octanol–water partition coefficient (Wildman–Crippen LogP) is 1.65. The molecule has 0 bridgehead atoms. The Morgan fingerprint density at radius 3 is 2.07 bits per heavy atom. The summed E-state index contributed by atoms with van der Waals surface area (Å²) >= 11 is 0. The van der Waals surface area contributed by atoms with Crippen LogP contribution in [0.4, 0.5) is 0 Å². The van der Waals surface area contributed by atoms with Crippen LogP contribution in [0.5, 0.6) is 0 Å². The third kappa shape index (κ3) is 3.66. The number of nitrogens with zero attached hydrogens (tertiary/aromatic N) is 1. The minimum atomic E-state index is -0.458. The zero-order chi connectivity index (χ0) is 11.4. The molecule has 0 aromatic rings. The van der Waals surface area contributed by atoms with Crippen molar-refractivity contribution < 1.29 is 9.90 Å². The van der Waals surface area contributed by atoms with Crippen LogP contribution in [0.1, 0.15) is 41.0 Å². The van der Waals surface area contributed by atoms with Crippen LogP contribution in [-0.2, 0) is 4.79 Å². The first-order chi connectivity index (χ1) is 6.35. The van der Waals surface area contributed by atoms with Crippen molar-refractivity contribution >= 4 is 5.91 Å². The van der Waals surface area contributed by atoms with Crippen molar-refractivity contribution in [1.82, 2.24) is 4.90 Å². The maximum absolute atomic E-state index is 12.0. The monoisotopic (exact) mass is 201 g/mol. The van der Waals surface area contributed by atoms with Gasteiger partial charge in [0.25, 0.3) is 0 Å². The highest BCUT2D eigenvalue weighted by atomic mass is 16.3. The van der Waals surface area contributed by atoms with E-state index in [9.17, 15) is 9.90 Å². The summed E-state index contributed by atoms with van der Waals surface area (Å²) in [5, 5.41) is 9.29. The van der Waals surface area contributed by atoms with Gasteiger partial charge in [-0.25, -0.2) is 0 Å². The molecule has 0 fully saturated rings. The molecular weight excluding hydrogens is 178 g/mol. The van der Waals surface area contributed by atoms with Gasteiger partial charge >= 0.3 is 0 Å². The molecule has 0 rings (SSSR count). The molecular formula is C11H23NO2. The second kappa shape index (κ2) is 5.35. The summed E-state index contributed by atoms with van der Waals surface area (Å²) in [6, 6.07) is 0. The molecule has 1 amide bonds. The zero-order valence-electron chi connectivity index (χ0n) is 10.0. The molecule has 0 radical (unpaired) electrons. The summed E-state index contributed by atoms with van der Waals surface area (Å²) in [6.45, 7) is 10.9. The number of hydrogen-bond donors (Lipinski definition) is 1. The summed E-state index contributed by atoms with van der Waals surface area (Å²) in [6.07, 6.45) is 0.0898. The quantitative estimate of drug-likeness (QED) is 0.734. The predicted molar refractivity (Wildman–Crippen MR) is 58.0 cm³/mol. The summed E-state index contributed by atoms with van der Waals surface area (Å²) < 4.78 is 0. The van der Waals surface area contributed by atoms with Gasteiger partial charge in [-0.15, -0.1) is 0 Å². The van der Waals surface area contributed by atoms with Crippen molar-refractivity contribution in [3.05, 3.63) is 0 Å². The van der Waals surface area contributed by atoms with E-state index in [4.69, 9.17) is 0 Å². The van der Waals surface area contributed by atoms with E-state index in [2.05, 4.69) is 0 Å². The van der Waals surface area contributed by atoms with Crippen LogP contribution in [0.15, 0.2) is 0 Å². The van der Waals surface area contributed by atoms with E-state index >= 15 is 0 Å². The van der Waals surface area contributed by atoms with Crippen molar-refractivity contribution in [1.29, 1.82) is 0 Å². The van der Waals surface area contributed by atoms with Crippen molar-refractivity contribution in [2.45, 2.75) is 47.1 Å². The first-order valence-electron chi connectivity index (χ1n) is 5.32. The molecule has 3 nitrogen and oxygen atoms in total. The van der Waals surface area contributed by atoms with Gasteiger partial charge in [-0.3, -0.25) is 4.79 Å². The minimum absolute atomic E-state index is 0.128. The van der Waals surface area contributed by atoms with Crippen molar-refractivity contribution in [2.75, 3.05) is 13.1 Å². The Labute approximate surface area is 87.1 Å². The number of aliphatic hydroxyl groups is 1. The van der Waals surface area contributed by atoms with E-state index in [0.29, 0.717) is 6.42 Å². The molecule has 0 saturated heterocycles. The van der Waals surface area contributed by atoms with Crippen LogP contribution in [0.3, 0.4) is 0 Å². The Morgan fingerprint density at radius 1 is 1.36 bits per heavy atom. The van der Waals surface area contributed by atoms with Gasteiger partial charge in [0, 0.05) is 18.5 Å². The summed E-state index contributed by atoms with van der Waals surface area (Å²) in [5.41, 5.74) is -0.458. The third-order valence-corrected chi connectivity index (χ3v) is 2.44. The summed E-state index contributed by atoms with van der Waals surface area (Å²) in [5.74, 6) is 0.128. The molecule has 0 aliphatic carbocycles. The molecule has 1 N–H and O–H groups in total. The molecule has 1 atom stereocenters. The van der Waals surface area contributed by atoms with E-state index in [1.54, 1.807) is 6.92 Å². The molecule has 0 saturated carbocycles. The molecule has 0 aromatic carbocycles. The Hall–Kier alpha value is -0.570. The number of amides is 1. The van der Waals surface area contributed by atoms with Crippen LogP contribution in [-0.4, -0.2) is 35.1 Å². The molecule has 0 aliphatic heterocycles. The third-order valence-electron chi connectivity index (χ3n) is 2.44. The molecule has 0 spiro atoms. The average Bonchev–Trinajstić information content (AvgIpc) is 2.04. The van der Waals surface area contributed by atoms with E-state index in [1.807, 2.05) is 32.6 Å². The van der Waals surface area contributed by atoms with Crippen LogP contribution in [0.2, 0.25) is 0 Å². The number of carbonyl (C=O) groups excluding carboxylic acids is 1. The van der Waals surface area contributed by atoms with Crippen molar-refractivity contribution in [3.8, 4) is 0 Å². The number of aliphatic hydroxyl groups excluding tert-OH is 1. The van der Waals surface area contributed by atoms with Gasteiger partial charge in [-0.2, -0.15) is 0 Å². The first kappa shape index (κ1) is 13.4. The smallest absolute Gasteiger partial charge is 0.228 e. The Bertz CT molecular complexity index is 184. The molecule has 84 valence electrons. The van der Waals surface area contributed by atoms with E-state index in [0.717, 1.165) is 13.1 Å². The highest BCUT2D eigenvalue weighted by molar-refractivity contribution is 5.81. The van der Waals surface area contributed by atoms with Gasteiger partial charge in [-0.05, 0) is 27.2 Å². The normalized spacial score (nSPS) is 13.9. The summed E-state index contributed by atoms with van der Waals surface area (Å²) in [4.78, 5) is 13.8. The second-order valence-electron chi connectivity index (χ2n) is 4.41. The lowest BCUT2D eigenvalue weighted by atomic mass is 9.85. The lowest BCUT2D eigenvalue weighted by molar-refractivity contribution is -0.141. The van der Waals surface area contributed by atoms with Crippen molar-refractivity contribution in [3.63, 3.8) is 0 Å². The molecule has 1 unspecified atom stereocenters. The molecule has 14 heavy (non-hydrogen) atoms. The molecule has 0 aromatic heterocycles. The molecule has 3 heteroatoms. The maximum Gasteiger partial charge on any atom is 0.228 e. The Balaban J connectivity index is 4.47. The highest BCUT2D eigenvalue weighted by Gasteiger charge is 2.31. The maximum atomic E-state index is 12.0. The van der Waals surface area contributed by atoms with Crippen LogP contribution < -0.4 is 0 Å². The van der Waals surface area contributed by atoms with E-state index < -0.39 is 11.5 Å². The van der Waals surface area contributed by atoms with Crippen LogP contribution >= 0.6 is 0 Å². The Morgan fingerprint density at radius 2 is 1.79 bits per heavy atom.